The zero-order valence-corrected chi connectivity index (χ0v) is 21.4. The Labute approximate surface area is 213 Å². The number of carbonyl (C=O) groups excluding carboxylic acids is 1. The Hall–Kier alpha value is -2.71. The van der Waals surface area contributed by atoms with Crippen LogP contribution in [0.25, 0.3) is 0 Å². The van der Waals surface area contributed by atoms with E-state index in [9.17, 15) is 4.79 Å². The van der Waals surface area contributed by atoms with Crippen LogP contribution in [-0.2, 0) is 36.8 Å². The van der Waals surface area contributed by atoms with Crippen LogP contribution in [0.3, 0.4) is 0 Å². The monoisotopic (exact) mass is 495 g/mol. The lowest BCUT2D eigenvalue weighted by Gasteiger charge is -2.30. The summed E-state index contributed by atoms with van der Waals surface area (Å²) in [7, 11) is 1.62. The molecule has 2 aliphatic rings. The first-order valence-corrected chi connectivity index (χ1v) is 12.5. The van der Waals surface area contributed by atoms with Crippen molar-refractivity contribution in [1.82, 2.24) is 4.90 Å². The molecule has 0 aliphatic carbocycles. The molecule has 4 rings (SSSR count). The van der Waals surface area contributed by atoms with Crippen molar-refractivity contribution in [3.05, 3.63) is 84.4 Å². The summed E-state index contributed by atoms with van der Waals surface area (Å²) in [5.74, 6) is -0.605. The number of nitrogens with zero attached hydrogens (tertiary/aromatic N) is 1. The van der Waals surface area contributed by atoms with Gasteiger partial charge in [0.15, 0.2) is 12.1 Å². The van der Waals surface area contributed by atoms with Crippen LogP contribution < -0.4 is 0 Å². The molecule has 0 radical (unpaired) electrons. The van der Waals surface area contributed by atoms with Gasteiger partial charge in [-0.25, -0.2) is 4.79 Å². The number of methoxy groups -OCH3 is 1. The van der Waals surface area contributed by atoms with Crippen LogP contribution >= 0.6 is 0 Å². The molecule has 36 heavy (non-hydrogen) atoms. The standard InChI is InChI=1S/C29H37NO6/c1-5-12-23(17-24-25-26(27(32-4)34-24)36-29(2,3)35-25)19-30(18-21-13-8-6-9-14-21)28(31)33-20-22-15-10-7-11-16-22/h5-11,13-16,23-27H,1,12,17-20H2,2-4H3/t23-,24+,25?,26?,27+/m0/s1. The van der Waals surface area contributed by atoms with Gasteiger partial charge in [0.2, 0.25) is 0 Å². The fourth-order valence-corrected chi connectivity index (χ4v) is 4.96. The molecule has 2 saturated heterocycles. The molecule has 1 amide bonds. The summed E-state index contributed by atoms with van der Waals surface area (Å²) in [6, 6.07) is 19.6. The molecule has 2 aromatic rings. The number of hydrogen-bond donors (Lipinski definition) is 0. The van der Waals surface area contributed by atoms with Crippen molar-refractivity contribution in [2.45, 2.75) is 70.2 Å². The van der Waals surface area contributed by atoms with Gasteiger partial charge < -0.3 is 28.6 Å². The Morgan fingerprint density at radius 2 is 1.69 bits per heavy atom. The minimum absolute atomic E-state index is 0.0871. The van der Waals surface area contributed by atoms with Crippen LogP contribution in [-0.4, -0.2) is 55.0 Å². The minimum Gasteiger partial charge on any atom is -0.445 e. The summed E-state index contributed by atoms with van der Waals surface area (Å²) >= 11 is 0. The third-order valence-corrected chi connectivity index (χ3v) is 6.56. The second-order valence-electron chi connectivity index (χ2n) is 9.88. The van der Waals surface area contributed by atoms with E-state index in [1.807, 2.05) is 80.6 Å². The Balaban J connectivity index is 1.46. The molecular weight excluding hydrogens is 458 g/mol. The molecule has 2 aromatic carbocycles. The van der Waals surface area contributed by atoms with Crippen LogP contribution in [0.1, 0.15) is 37.8 Å². The fraction of sp³-hybridized carbons (Fsp3) is 0.483. The summed E-state index contributed by atoms with van der Waals surface area (Å²) in [5.41, 5.74) is 1.99. The van der Waals surface area contributed by atoms with Crippen LogP contribution in [0.4, 0.5) is 4.79 Å². The molecule has 2 fully saturated rings. The maximum Gasteiger partial charge on any atom is 0.410 e. The van der Waals surface area contributed by atoms with Crippen molar-refractivity contribution in [3.8, 4) is 0 Å². The van der Waals surface area contributed by atoms with Gasteiger partial charge in [0.1, 0.15) is 18.8 Å². The van der Waals surface area contributed by atoms with Gasteiger partial charge in [0, 0.05) is 20.2 Å². The van der Waals surface area contributed by atoms with E-state index in [2.05, 4.69) is 6.58 Å². The van der Waals surface area contributed by atoms with Crippen molar-refractivity contribution < 1.29 is 28.5 Å². The molecular formula is C29H37NO6. The quantitative estimate of drug-likeness (QED) is 0.394. The van der Waals surface area contributed by atoms with Crippen molar-refractivity contribution in [1.29, 1.82) is 0 Å². The summed E-state index contributed by atoms with van der Waals surface area (Å²) in [6.07, 6.45) is 1.71. The highest BCUT2D eigenvalue weighted by molar-refractivity contribution is 5.67. The molecule has 0 spiro atoms. The van der Waals surface area contributed by atoms with Crippen LogP contribution in [0.15, 0.2) is 73.3 Å². The third kappa shape index (κ3) is 6.73. The number of amides is 1. The van der Waals surface area contributed by atoms with Gasteiger partial charge in [-0.1, -0.05) is 66.7 Å². The van der Waals surface area contributed by atoms with Crippen LogP contribution in [0.2, 0.25) is 0 Å². The molecule has 2 aliphatic heterocycles. The van der Waals surface area contributed by atoms with Crippen LogP contribution in [0, 0.1) is 5.92 Å². The van der Waals surface area contributed by atoms with E-state index >= 15 is 0 Å². The van der Waals surface area contributed by atoms with Gasteiger partial charge >= 0.3 is 6.09 Å². The molecule has 194 valence electrons. The highest BCUT2D eigenvalue weighted by Crippen LogP contribution is 2.41. The lowest BCUT2D eigenvalue weighted by atomic mass is 9.94. The van der Waals surface area contributed by atoms with E-state index in [0.717, 1.165) is 17.5 Å². The summed E-state index contributed by atoms with van der Waals surface area (Å²) in [4.78, 5) is 15.0. The first-order valence-electron chi connectivity index (χ1n) is 12.5. The number of ether oxygens (including phenoxy) is 5. The van der Waals surface area contributed by atoms with E-state index in [-0.39, 0.29) is 36.9 Å². The van der Waals surface area contributed by atoms with Crippen molar-refractivity contribution in [2.24, 2.45) is 5.92 Å². The topological polar surface area (TPSA) is 66.5 Å². The lowest BCUT2D eigenvalue weighted by Crippen LogP contribution is -2.38. The van der Waals surface area contributed by atoms with E-state index in [1.165, 1.54) is 0 Å². The molecule has 2 heterocycles. The lowest BCUT2D eigenvalue weighted by molar-refractivity contribution is -0.228. The van der Waals surface area contributed by atoms with Gasteiger partial charge in [-0.05, 0) is 43.7 Å². The average Bonchev–Trinajstić information content (AvgIpc) is 3.36. The predicted octanol–water partition coefficient (Wildman–Crippen LogP) is 5.30. The number of hydrogen-bond acceptors (Lipinski definition) is 6. The van der Waals surface area contributed by atoms with E-state index < -0.39 is 12.1 Å². The highest BCUT2D eigenvalue weighted by atomic mass is 16.8. The molecule has 7 nitrogen and oxygen atoms in total. The Morgan fingerprint density at radius 3 is 2.33 bits per heavy atom. The molecule has 0 N–H and O–H groups in total. The molecule has 0 saturated carbocycles. The second kappa shape index (κ2) is 12.0. The first-order chi connectivity index (χ1) is 17.4. The maximum atomic E-state index is 13.2. The normalized spacial score (nSPS) is 25.2. The largest absolute Gasteiger partial charge is 0.445 e. The van der Waals surface area contributed by atoms with Gasteiger partial charge in [0.25, 0.3) is 0 Å². The van der Waals surface area contributed by atoms with Gasteiger partial charge in [-0.3, -0.25) is 0 Å². The molecule has 5 atom stereocenters. The third-order valence-electron chi connectivity index (χ3n) is 6.56. The SMILES string of the molecule is C=CC[C@@H](C[C@H]1O[C@@H](OC)C2OC(C)(C)OC21)CN(Cc1ccccc1)C(=O)OCc1ccccc1. The van der Waals surface area contributed by atoms with Gasteiger partial charge in [-0.15, -0.1) is 6.58 Å². The maximum absolute atomic E-state index is 13.2. The summed E-state index contributed by atoms with van der Waals surface area (Å²) < 4.78 is 29.6. The first kappa shape index (κ1) is 26.4. The van der Waals surface area contributed by atoms with E-state index in [0.29, 0.717) is 19.5 Å². The number of allylic oxidation sites excluding steroid dienone is 1. The Morgan fingerprint density at radius 1 is 1.06 bits per heavy atom. The highest BCUT2D eigenvalue weighted by Gasteiger charge is 2.55. The van der Waals surface area contributed by atoms with E-state index in [4.69, 9.17) is 23.7 Å². The van der Waals surface area contributed by atoms with Crippen molar-refractivity contribution in [2.75, 3.05) is 13.7 Å². The average molecular weight is 496 g/mol. The predicted molar refractivity (Wildman–Crippen MR) is 136 cm³/mol. The Kier molecular flexibility index (Phi) is 8.80. The smallest absolute Gasteiger partial charge is 0.410 e. The minimum atomic E-state index is -0.692. The zero-order valence-electron chi connectivity index (χ0n) is 21.4. The van der Waals surface area contributed by atoms with Crippen molar-refractivity contribution >= 4 is 6.09 Å². The molecule has 0 aromatic heterocycles. The van der Waals surface area contributed by atoms with E-state index in [1.54, 1.807) is 12.0 Å². The summed E-state index contributed by atoms with van der Waals surface area (Å²) in [5, 5.41) is 0. The molecule has 0 bridgehead atoms. The van der Waals surface area contributed by atoms with Crippen molar-refractivity contribution in [3.63, 3.8) is 0 Å². The number of benzene rings is 2. The number of fused-ring (bicyclic) bond motifs is 1. The molecule has 7 heteroatoms. The summed E-state index contributed by atoms with van der Waals surface area (Å²) in [6.45, 7) is 8.93. The van der Waals surface area contributed by atoms with Gasteiger partial charge in [-0.2, -0.15) is 0 Å². The zero-order chi connectivity index (χ0) is 25.5. The Bertz CT molecular complexity index is 982. The fourth-order valence-electron chi connectivity index (χ4n) is 4.96. The second-order valence-corrected chi connectivity index (χ2v) is 9.88. The molecule has 2 unspecified atom stereocenters. The van der Waals surface area contributed by atoms with Gasteiger partial charge in [0.05, 0.1) is 6.10 Å². The number of rotatable bonds is 11. The number of carbonyl (C=O) groups is 1. The van der Waals surface area contributed by atoms with Crippen LogP contribution in [0.5, 0.6) is 0 Å².